The molecule has 9 heteroatoms. The van der Waals surface area contributed by atoms with E-state index in [1.54, 1.807) is 17.8 Å². The number of hydrogen-bond donors (Lipinski definition) is 1. The van der Waals surface area contributed by atoms with Gasteiger partial charge in [0.05, 0.1) is 6.10 Å². The molecule has 0 spiro atoms. The van der Waals surface area contributed by atoms with Crippen LogP contribution in [0.5, 0.6) is 0 Å². The molecule has 1 amide bonds. The zero-order valence-corrected chi connectivity index (χ0v) is 20.2. The van der Waals surface area contributed by atoms with E-state index >= 15 is 0 Å². The van der Waals surface area contributed by atoms with E-state index in [4.69, 9.17) is 4.74 Å². The lowest BCUT2D eigenvalue weighted by Gasteiger charge is -2.14. The fourth-order valence-corrected chi connectivity index (χ4v) is 5.46. The molecule has 3 heterocycles. The average molecular weight is 480 g/mol. The second-order valence-electron chi connectivity index (χ2n) is 7.84. The Hall–Kier alpha value is -2.93. The van der Waals surface area contributed by atoms with E-state index < -0.39 is 5.91 Å². The third-order valence-corrected chi connectivity index (χ3v) is 7.56. The summed E-state index contributed by atoms with van der Waals surface area (Å²) in [7, 11) is 0. The van der Waals surface area contributed by atoms with Gasteiger partial charge in [-0.05, 0) is 50.0 Å². The molecule has 33 heavy (non-hydrogen) atoms. The van der Waals surface area contributed by atoms with Crippen LogP contribution in [0.2, 0.25) is 0 Å². The minimum atomic E-state index is -0.489. The summed E-state index contributed by atoms with van der Waals surface area (Å²) in [5.41, 5.74) is 4.17. The highest BCUT2D eigenvalue weighted by Crippen LogP contribution is 2.28. The van der Waals surface area contributed by atoms with E-state index in [-0.39, 0.29) is 11.7 Å². The van der Waals surface area contributed by atoms with Crippen molar-refractivity contribution in [1.29, 1.82) is 5.26 Å². The lowest BCUT2D eigenvalue weighted by molar-refractivity contribution is -0.112. The summed E-state index contributed by atoms with van der Waals surface area (Å²) in [6, 6.07) is 14.1. The molecule has 2 aromatic heterocycles. The van der Waals surface area contributed by atoms with Crippen LogP contribution in [0.4, 0.5) is 5.13 Å². The Labute approximate surface area is 201 Å². The summed E-state index contributed by atoms with van der Waals surface area (Å²) in [4.78, 5) is 12.7. The van der Waals surface area contributed by atoms with Crippen LogP contribution in [-0.2, 0) is 21.8 Å². The molecule has 4 rings (SSSR count). The third kappa shape index (κ3) is 5.90. The highest BCUT2D eigenvalue weighted by molar-refractivity contribution is 8.00. The molecule has 1 unspecified atom stereocenters. The van der Waals surface area contributed by atoms with Gasteiger partial charge in [-0.3, -0.25) is 10.1 Å². The van der Waals surface area contributed by atoms with Crippen molar-refractivity contribution in [3.05, 3.63) is 64.5 Å². The number of benzene rings is 1. The first-order valence-corrected chi connectivity index (χ1v) is 12.6. The molecule has 0 aliphatic carbocycles. The predicted octanol–water partition coefficient (Wildman–Crippen LogP) is 4.97. The van der Waals surface area contributed by atoms with Gasteiger partial charge in [0, 0.05) is 30.3 Å². The van der Waals surface area contributed by atoms with Gasteiger partial charge in [0.25, 0.3) is 5.91 Å². The quantitative estimate of drug-likeness (QED) is 0.212. The molecule has 1 fully saturated rings. The van der Waals surface area contributed by atoms with Gasteiger partial charge in [0.1, 0.15) is 11.6 Å². The molecule has 7 nitrogen and oxygen atoms in total. The average Bonchev–Trinajstić information content (AvgIpc) is 3.55. The zero-order chi connectivity index (χ0) is 23.2. The lowest BCUT2D eigenvalue weighted by atomic mass is 10.1. The number of carbonyl (C=O) groups excluding carboxylic acids is 1. The Morgan fingerprint density at radius 1 is 1.36 bits per heavy atom. The van der Waals surface area contributed by atoms with Crippen LogP contribution in [-0.4, -0.2) is 33.4 Å². The molecular formula is C24H25N5O2S2. The van der Waals surface area contributed by atoms with Crippen molar-refractivity contribution in [2.45, 2.75) is 49.4 Å². The molecule has 170 valence electrons. The predicted molar refractivity (Wildman–Crippen MR) is 131 cm³/mol. The van der Waals surface area contributed by atoms with Crippen molar-refractivity contribution in [3.63, 3.8) is 0 Å². The number of rotatable bonds is 8. The van der Waals surface area contributed by atoms with Gasteiger partial charge < -0.3 is 9.30 Å². The van der Waals surface area contributed by atoms with Crippen molar-refractivity contribution >= 4 is 40.2 Å². The van der Waals surface area contributed by atoms with E-state index in [9.17, 15) is 10.1 Å². The van der Waals surface area contributed by atoms with Gasteiger partial charge in [-0.15, -0.1) is 10.2 Å². The number of aryl methyl sites for hydroxylation is 1. The molecule has 1 atom stereocenters. The van der Waals surface area contributed by atoms with Crippen LogP contribution in [0.25, 0.3) is 6.08 Å². The second-order valence-corrected chi connectivity index (χ2v) is 10.0. The minimum Gasteiger partial charge on any atom is -0.376 e. The maximum Gasteiger partial charge on any atom is 0.268 e. The Morgan fingerprint density at radius 3 is 2.91 bits per heavy atom. The topological polar surface area (TPSA) is 92.8 Å². The number of thioether (sulfide) groups is 1. The van der Waals surface area contributed by atoms with E-state index in [1.807, 2.05) is 44.2 Å². The van der Waals surface area contributed by atoms with Crippen LogP contribution >= 0.6 is 23.1 Å². The zero-order valence-electron chi connectivity index (χ0n) is 18.6. The first-order valence-electron chi connectivity index (χ1n) is 10.7. The summed E-state index contributed by atoms with van der Waals surface area (Å²) in [5, 5.41) is 20.9. The number of amides is 1. The Morgan fingerprint density at radius 2 is 2.18 bits per heavy atom. The molecule has 1 aliphatic heterocycles. The van der Waals surface area contributed by atoms with Crippen molar-refractivity contribution in [2.75, 3.05) is 11.9 Å². The number of aromatic nitrogens is 3. The summed E-state index contributed by atoms with van der Waals surface area (Å²) in [6.07, 6.45) is 4.00. The van der Waals surface area contributed by atoms with Gasteiger partial charge in [-0.2, -0.15) is 5.26 Å². The molecule has 1 aromatic carbocycles. The Kier molecular flexibility index (Phi) is 7.60. The first kappa shape index (κ1) is 23.2. The van der Waals surface area contributed by atoms with Crippen LogP contribution in [0.1, 0.15) is 35.4 Å². The molecule has 1 saturated heterocycles. The van der Waals surface area contributed by atoms with Gasteiger partial charge in [0.2, 0.25) is 5.13 Å². The van der Waals surface area contributed by atoms with Crippen molar-refractivity contribution in [2.24, 2.45) is 0 Å². The number of nitrogens with one attached hydrogen (secondary N) is 1. The van der Waals surface area contributed by atoms with Crippen LogP contribution in [0, 0.1) is 25.2 Å². The van der Waals surface area contributed by atoms with Gasteiger partial charge in [0.15, 0.2) is 4.34 Å². The monoisotopic (exact) mass is 479 g/mol. The van der Waals surface area contributed by atoms with E-state index in [0.717, 1.165) is 53.0 Å². The Balaban J connectivity index is 1.41. The SMILES string of the molecule is Cc1cc(/C=C(/C#N)C(=O)Nc2nnc(SCc3ccccc3)s2)c(C)n1CC1CCCO1. The summed E-state index contributed by atoms with van der Waals surface area (Å²) in [6.45, 7) is 5.63. The van der Waals surface area contributed by atoms with Gasteiger partial charge in [-0.1, -0.05) is 53.4 Å². The van der Waals surface area contributed by atoms with Crippen molar-refractivity contribution in [3.8, 4) is 6.07 Å². The van der Waals surface area contributed by atoms with Crippen LogP contribution in [0.3, 0.4) is 0 Å². The maximum absolute atomic E-state index is 12.7. The van der Waals surface area contributed by atoms with E-state index in [0.29, 0.717) is 5.13 Å². The largest absolute Gasteiger partial charge is 0.376 e. The molecule has 1 N–H and O–H groups in total. The highest BCUT2D eigenvalue weighted by atomic mass is 32.2. The Bertz CT molecular complexity index is 1190. The number of nitrogens with zero attached hydrogens (tertiary/aromatic N) is 4. The lowest BCUT2D eigenvalue weighted by Crippen LogP contribution is -2.17. The minimum absolute atomic E-state index is 0.0288. The van der Waals surface area contributed by atoms with Crippen LogP contribution < -0.4 is 5.32 Å². The smallest absolute Gasteiger partial charge is 0.268 e. The standard InChI is InChI=1S/C24H25N5O2S2/c1-16-11-19(17(2)29(16)14-21-9-6-10-31-21)12-20(13-25)22(30)26-23-27-28-24(33-23)32-15-18-7-4-3-5-8-18/h3-5,7-8,11-12,21H,6,9-10,14-15H2,1-2H3,(H,26,27,30)/b20-12-. The van der Waals surface area contributed by atoms with Crippen LogP contribution in [0.15, 0.2) is 46.3 Å². The molecule has 1 aliphatic rings. The van der Waals surface area contributed by atoms with E-state index in [2.05, 4.69) is 32.2 Å². The fourth-order valence-electron chi connectivity index (χ4n) is 3.75. The van der Waals surface area contributed by atoms with E-state index in [1.165, 1.54) is 16.9 Å². The summed E-state index contributed by atoms with van der Waals surface area (Å²) in [5.74, 6) is 0.283. The summed E-state index contributed by atoms with van der Waals surface area (Å²) < 4.78 is 8.71. The number of nitriles is 1. The molecule has 0 radical (unpaired) electrons. The van der Waals surface area contributed by atoms with Crippen molar-refractivity contribution < 1.29 is 9.53 Å². The second kappa shape index (κ2) is 10.8. The number of hydrogen-bond acceptors (Lipinski definition) is 7. The molecular weight excluding hydrogens is 454 g/mol. The van der Waals surface area contributed by atoms with Crippen molar-refractivity contribution in [1.82, 2.24) is 14.8 Å². The molecule has 0 bridgehead atoms. The molecule has 0 saturated carbocycles. The number of ether oxygens (including phenoxy) is 1. The fraction of sp³-hybridized carbons (Fsp3) is 0.333. The highest BCUT2D eigenvalue weighted by Gasteiger charge is 2.19. The first-order chi connectivity index (χ1) is 16.0. The van der Waals surface area contributed by atoms with Gasteiger partial charge in [-0.25, -0.2) is 0 Å². The normalized spacial score (nSPS) is 16.0. The molecule has 3 aromatic rings. The number of carbonyl (C=O) groups is 1. The summed E-state index contributed by atoms with van der Waals surface area (Å²) >= 11 is 2.85. The number of anilines is 1. The van der Waals surface area contributed by atoms with Gasteiger partial charge >= 0.3 is 0 Å². The third-order valence-electron chi connectivity index (χ3n) is 5.52. The maximum atomic E-state index is 12.7.